The molecule has 1 rings (SSSR count). The number of anilines is 1. The van der Waals surface area contributed by atoms with E-state index in [4.69, 9.17) is 0 Å². The van der Waals surface area contributed by atoms with Gasteiger partial charge in [0.1, 0.15) is 6.04 Å². The fourth-order valence-electron chi connectivity index (χ4n) is 1.54. The molecule has 0 unspecified atom stereocenters. The quantitative estimate of drug-likeness (QED) is 0.633. The third-order valence-electron chi connectivity index (χ3n) is 2.77. The summed E-state index contributed by atoms with van der Waals surface area (Å²) in [6.45, 7) is 4.85. The number of carbonyl (C=O) groups is 2. The Hall–Kier alpha value is -2.44. The standard InChI is InChI=1S/C13H17N3O4/c1-4-12(17)14-9(3)13(18)15-10-6-5-8(2)11(7-10)16(19)20/h5-7,9H,4H2,1-3H3,(H,14,17)(H,15,18)/t9-/m0/s1. The average Bonchev–Trinajstić information content (AvgIpc) is 2.40. The van der Waals surface area contributed by atoms with Crippen LogP contribution in [0.2, 0.25) is 0 Å². The summed E-state index contributed by atoms with van der Waals surface area (Å²) < 4.78 is 0. The molecule has 0 saturated heterocycles. The molecule has 108 valence electrons. The van der Waals surface area contributed by atoms with Crippen molar-refractivity contribution in [3.05, 3.63) is 33.9 Å². The number of aryl methyl sites for hydroxylation is 1. The molecular formula is C13H17N3O4. The number of hydrogen-bond donors (Lipinski definition) is 2. The van der Waals surface area contributed by atoms with Gasteiger partial charge in [-0.15, -0.1) is 0 Å². The lowest BCUT2D eigenvalue weighted by molar-refractivity contribution is -0.385. The van der Waals surface area contributed by atoms with Gasteiger partial charge in [-0.25, -0.2) is 0 Å². The molecule has 7 heteroatoms. The molecule has 0 aliphatic carbocycles. The van der Waals surface area contributed by atoms with Gasteiger partial charge in [-0.05, 0) is 19.9 Å². The van der Waals surface area contributed by atoms with Gasteiger partial charge in [0.15, 0.2) is 0 Å². The molecule has 0 aliphatic heterocycles. The number of nitro benzene ring substituents is 1. The van der Waals surface area contributed by atoms with Crippen molar-refractivity contribution in [2.75, 3.05) is 5.32 Å². The number of rotatable bonds is 5. The number of benzene rings is 1. The maximum absolute atomic E-state index is 11.8. The summed E-state index contributed by atoms with van der Waals surface area (Å²) in [6, 6.07) is 3.72. The Morgan fingerprint density at radius 2 is 2.05 bits per heavy atom. The van der Waals surface area contributed by atoms with Gasteiger partial charge in [0, 0.05) is 23.7 Å². The normalized spacial score (nSPS) is 11.6. The van der Waals surface area contributed by atoms with E-state index < -0.39 is 16.9 Å². The molecule has 20 heavy (non-hydrogen) atoms. The minimum Gasteiger partial charge on any atom is -0.345 e. The Morgan fingerprint density at radius 1 is 1.40 bits per heavy atom. The van der Waals surface area contributed by atoms with Crippen LogP contribution in [0.1, 0.15) is 25.8 Å². The van der Waals surface area contributed by atoms with E-state index in [0.29, 0.717) is 11.3 Å². The summed E-state index contributed by atoms with van der Waals surface area (Å²) in [7, 11) is 0. The Morgan fingerprint density at radius 3 is 2.60 bits per heavy atom. The smallest absolute Gasteiger partial charge is 0.274 e. The van der Waals surface area contributed by atoms with Crippen molar-refractivity contribution in [1.82, 2.24) is 5.32 Å². The van der Waals surface area contributed by atoms with Gasteiger partial charge < -0.3 is 10.6 Å². The van der Waals surface area contributed by atoms with Gasteiger partial charge in [0.05, 0.1) is 4.92 Å². The van der Waals surface area contributed by atoms with Crippen molar-refractivity contribution in [2.45, 2.75) is 33.2 Å². The van der Waals surface area contributed by atoms with E-state index in [1.807, 2.05) is 0 Å². The van der Waals surface area contributed by atoms with Crippen molar-refractivity contribution in [3.8, 4) is 0 Å². The highest BCUT2D eigenvalue weighted by Gasteiger charge is 2.17. The van der Waals surface area contributed by atoms with Gasteiger partial charge in [-0.2, -0.15) is 0 Å². The Bertz CT molecular complexity index is 542. The van der Waals surface area contributed by atoms with Gasteiger partial charge in [-0.1, -0.05) is 13.0 Å². The van der Waals surface area contributed by atoms with E-state index in [9.17, 15) is 19.7 Å². The SMILES string of the molecule is CCC(=O)N[C@@H](C)C(=O)Nc1ccc(C)c([N+](=O)[O-])c1. The largest absolute Gasteiger partial charge is 0.345 e. The molecule has 0 fully saturated rings. The van der Waals surface area contributed by atoms with Crippen molar-refractivity contribution in [2.24, 2.45) is 0 Å². The fraction of sp³-hybridized carbons (Fsp3) is 0.385. The summed E-state index contributed by atoms with van der Waals surface area (Å²) in [4.78, 5) is 33.3. The van der Waals surface area contributed by atoms with Crippen LogP contribution < -0.4 is 10.6 Å². The molecule has 2 N–H and O–H groups in total. The first-order chi connectivity index (χ1) is 9.35. The molecule has 1 aromatic rings. The van der Waals surface area contributed by atoms with E-state index in [1.165, 1.54) is 6.07 Å². The van der Waals surface area contributed by atoms with Crippen LogP contribution >= 0.6 is 0 Å². The molecular weight excluding hydrogens is 262 g/mol. The molecule has 0 bridgehead atoms. The van der Waals surface area contributed by atoms with Crippen LogP contribution in [0.15, 0.2) is 18.2 Å². The molecule has 7 nitrogen and oxygen atoms in total. The highest BCUT2D eigenvalue weighted by Crippen LogP contribution is 2.22. The second-order valence-electron chi connectivity index (χ2n) is 4.39. The van der Waals surface area contributed by atoms with Crippen molar-refractivity contribution < 1.29 is 14.5 Å². The number of nitrogens with one attached hydrogen (secondary N) is 2. The average molecular weight is 279 g/mol. The zero-order valence-electron chi connectivity index (χ0n) is 11.6. The summed E-state index contributed by atoms with van der Waals surface area (Å²) >= 11 is 0. The molecule has 2 amide bonds. The van der Waals surface area contributed by atoms with Crippen LogP contribution in [0.4, 0.5) is 11.4 Å². The first-order valence-corrected chi connectivity index (χ1v) is 6.20. The Kier molecular flexibility index (Phi) is 5.19. The van der Waals surface area contributed by atoms with Crippen molar-refractivity contribution in [1.29, 1.82) is 0 Å². The predicted octanol–water partition coefficient (Wildman–Crippen LogP) is 1.76. The molecule has 0 heterocycles. The monoisotopic (exact) mass is 279 g/mol. The number of amides is 2. The van der Waals surface area contributed by atoms with Crippen molar-refractivity contribution >= 4 is 23.2 Å². The molecule has 0 spiro atoms. The van der Waals surface area contributed by atoms with Crippen LogP contribution in [-0.2, 0) is 9.59 Å². The topological polar surface area (TPSA) is 101 Å². The third kappa shape index (κ3) is 4.04. The molecule has 0 aliphatic rings. The predicted molar refractivity (Wildman–Crippen MR) is 74.4 cm³/mol. The fourth-order valence-corrected chi connectivity index (χ4v) is 1.54. The maximum atomic E-state index is 11.8. The molecule has 0 aromatic heterocycles. The first kappa shape index (κ1) is 15.6. The molecule has 0 saturated carbocycles. The van der Waals surface area contributed by atoms with Crippen LogP contribution in [0.3, 0.4) is 0 Å². The molecule has 1 aromatic carbocycles. The van der Waals surface area contributed by atoms with Crippen LogP contribution in [0.25, 0.3) is 0 Å². The number of nitrogens with zero attached hydrogens (tertiary/aromatic N) is 1. The van der Waals surface area contributed by atoms with E-state index in [0.717, 1.165) is 0 Å². The Labute approximate surface area is 116 Å². The van der Waals surface area contributed by atoms with Crippen LogP contribution in [0.5, 0.6) is 0 Å². The summed E-state index contributed by atoms with van der Waals surface area (Å²) in [6.07, 6.45) is 0.285. The van der Waals surface area contributed by atoms with E-state index >= 15 is 0 Å². The Balaban J connectivity index is 2.78. The first-order valence-electron chi connectivity index (χ1n) is 6.20. The number of hydrogen-bond acceptors (Lipinski definition) is 4. The zero-order chi connectivity index (χ0) is 15.3. The third-order valence-corrected chi connectivity index (χ3v) is 2.77. The summed E-state index contributed by atoms with van der Waals surface area (Å²) in [5, 5.41) is 15.9. The minimum absolute atomic E-state index is 0.0620. The molecule has 1 atom stereocenters. The molecule has 0 radical (unpaired) electrons. The van der Waals surface area contributed by atoms with E-state index in [1.54, 1.807) is 32.9 Å². The maximum Gasteiger partial charge on any atom is 0.274 e. The minimum atomic E-state index is -0.706. The summed E-state index contributed by atoms with van der Waals surface area (Å²) in [5.41, 5.74) is 0.776. The van der Waals surface area contributed by atoms with Gasteiger partial charge in [0.2, 0.25) is 11.8 Å². The van der Waals surface area contributed by atoms with Crippen LogP contribution in [0, 0.1) is 17.0 Å². The highest BCUT2D eigenvalue weighted by atomic mass is 16.6. The second-order valence-corrected chi connectivity index (χ2v) is 4.39. The lowest BCUT2D eigenvalue weighted by atomic mass is 10.2. The zero-order valence-corrected chi connectivity index (χ0v) is 11.6. The van der Waals surface area contributed by atoms with Gasteiger partial charge in [-0.3, -0.25) is 19.7 Å². The van der Waals surface area contributed by atoms with Crippen LogP contribution in [-0.4, -0.2) is 22.8 Å². The van der Waals surface area contributed by atoms with E-state index in [2.05, 4.69) is 10.6 Å². The van der Waals surface area contributed by atoms with E-state index in [-0.39, 0.29) is 18.0 Å². The summed E-state index contributed by atoms with van der Waals surface area (Å²) in [5.74, 6) is -0.660. The highest BCUT2D eigenvalue weighted by molar-refractivity contribution is 5.97. The van der Waals surface area contributed by atoms with Crippen molar-refractivity contribution in [3.63, 3.8) is 0 Å². The number of carbonyl (C=O) groups excluding carboxylic acids is 2. The van der Waals surface area contributed by atoms with Gasteiger partial charge in [0.25, 0.3) is 5.69 Å². The number of nitro groups is 1. The van der Waals surface area contributed by atoms with Gasteiger partial charge >= 0.3 is 0 Å². The second kappa shape index (κ2) is 6.65. The lowest BCUT2D eigenvalue weighted by Gasteiger charge is -2.13. The lowest BCUT2D eigenvalue weighted by Crippen LogP contribution is -2.41.